The zero-order chi connectivity index (χ0) is 9.84. The molecule has 0 amide bonds. The first-order valence-corrected chi connectivity index (χ1v) is 5.24. The van der Waals surface area contributed by atoms with E-state index in [1.807, 2.05) is 6.92 Å². The highest BCUT2D eigenvalue weighted by atomic mass is 16.5. The van der Waals surface area contributed by atoms with Crippen molar-refractivity contribution in [3.05, 3.63) is 12.3 Å². The van der Waals surface area contributed by atoms with Crippen LogP contribution in [0.25, 0.3) is 0 Å². The SMILES string of the molecule is C=C(OCC)C1CCCN1C(C)C. The summed E-state index contributed by atoms with van der Waals surface area (Å²) in [6.45, 7) is 12.4. The van der Waals surface area contributed by atoms with Gasteiger partial charge in [-0.15, -0.1) is 0 Å². The Hall–Kier alpha value is -0.500. The number of hydrogen-bond acceptors (Lipinski definition) is 2. The van der Waals surface area contributed by atoms with Gasteiger partial charge in [0.15, 0.2) is 0 Å². The summed E-state index contributed by atoms with van der Waals surface area (Å²) in [5, 5.41) is 0. The molecule has 1 aliphatic heterocycles. The second kappa shape index (κ2) is 4.66. The number of rotatable bonds is 4. The average Bonchev–Trinajstić information content (AvgIpc) is 2.52. The molecular formula is C11H21NO. The minimum Gasteiger partial charge on any atom is -0.497 e. The van der Waals surface area contributed by atoms with Gasteiger partial charge in [-0.1, -0.05) is 6.58 Å². The summed E-state index contributed by atoms with van der Waals surface area (Å²) in [7, 11) is 0. The first-order valence-electron chi connectivity index (χ1n) is 5.24. The molecule has 1 rings (SSSR count). The minimum absolute atomic E-state index is 0.458. The molecule has 0 saturated carbocycles. The molecule has 0 spiro atoms. The third-order valence-corrected chi connectivity index (χ3v) is 2.66. The van der Waals surface area contributed by atoms with Crippen LogP contribution >= 0.6 is 0 Å². The van der Waals surface area contributed by atoms with E-state index in [-0.39, 0.29) is 0 Å². The molecule has 0 aliphatic carbocycles. The molecule has 1 atom stereocenters. The molecule has 1 fully saturated rings. The quantitative estimate of drug-likeness (QED) is 0.621. The van der Waals surface area contributed by atoms with Crippen molar-refractivity contribution in [2.45, 2.75) is 45.7 Å². The molecular weight excluding hydrogens is 162 g/mol. The average molecular weight is 183 g/mol. The highest BCUT2D eigenvalue weighted by molar-refractivity contribution is 5.02. The van der Waals surface area contributed by atoms with Crippen molar-refractivity contribution >= 4 is 0 Å². The van der Waals surface area contributed by atoms with E-state index in [2.05, 4.69) is 25.3 Å². The van der Waals surface area contributed by atoms with Gasteiger partial charge in [-0.2, -0.15) is 0 Å². The van der Waals surface area contributed by atoms with E-state index in [1.54, 1.807) is 0 Å². The molecule has 13 heavy (non-hydrogen) atoms. The highest BCUT2D eigenvalue weighted by Crippen LogP contribution is 2.25. The zero-order valence-electron chi connectivity index (χ0n) is 9.05. The van der Waals surface area contributed by atoms with Gasteiger partial charge in [0, 0.05) is 6.04 Å². The van der Waals surface area contributed by atoms with Gasteiger partial charge in [0.25, 0.3) is 0 Å². The van der Waals surface area contributed by atoms with Crippen LogP contribution in [0.1, 0.15) is 33.6 Å². The lowest BCUT2D eigenvalue weighted by atomic mass is 10.2. The van der Waals surface area contributed by atoms with Gasteiger partial charge in [-0.05, 0) is 40.2 Å². The lowest BCUT2D eigenvalue weighted by Crippen LogP contribution is -2.36. The van der Waals surface area contributed by atoms with Gasteiger partial charge in [-0.3, -0.25) is 4.90 Å². The van der Waals surface area contributed by atoms with Gasteiger partial charge >= 0.3 is 0 Å². The molecule has 1 aliphatic rings. The lowest BCUT2D eigenvalue weighted by molar-refractivity contribution is 0.137. The standard InChI is InChI=1S/C11H21NO/c1-5-13-10(4)11-7-6-8-12(11)9(2)3/h9,11H,4-8H2,1-3H3. The van der Waals surface area contributed by atoms with Crippen LogP contribution in [0.3, 0.4) is 0 Å². The van der Waals surface area contributed by atoms with E-state index in [0.717, 1.165) is 12.4 Å². The maximum Gasteiger partial charge on any atom is 0.106 e. The molecule has 0 aromatic carbocycles. The molecule has 0 radical (unpaired) electrons. The highest BCUT2D eigenvalue weighted by Gasteiger charge is 2.29. The number of likely N-dealkylation sites (tertiary alicyclic amines) is 1. The Morgan fingerprint density at radius 1 is 1.62 bits per heavy atom. The number of hydrogen-bond donors (Lipinski definition) is 0. The van der Waals surface area contributed by atoms with E-state index >= 15 is 0 Å². The number of ether oxygens (including phenoxy) is 1. The molecule has 2 heteroatoms. The minimum atomic E-state index is 0.458. The first-order chi connectivity index (χ1) is 6.16. The summed E-state index contributed by atoms with van der Waals surface area (Å²) in [5.41, 5.74) is 0. The Morgan fingerprint density at radius 3 is 2.85 bits per heavy atom. The molecule has 1 unspecified atom stereocenters. The van der Waals surface area contributed by atoms with Gasteiger partial charge < -0.3 is 4.74 Å². The van der Waals surface area contributed by atoms with Crippen LogP contribution in [0, 0.1) is 0 Å². The second-order valence-electron chi connectivity index (χ2n) is 3.89. The summed E-state index contributed by atoms with van der Waals surface area (Å²) in [6.07, 6.45) is 2.48. The van der Waals surface area contributed by atoms with Gasteiger partial charge in [-0.25, -0.2) is 0 Å². The smallest absolute Gasteiger partial charge is 0.106 e. The van der Waals surface area contributed by atoms with Crippen LogP contribution in [0.2, 0.25) is 0 Å². The Labute approximate surface area is 81.6 Å². The predicted octanol–water partition coefficient (Wildman–Crippen LogP) is 2.41. The fraction of sp³-hybridized carbons (Fsp3) is 0.818. The molecule has 0 aromatic rings. The van der Waals surface area contributed by atoms with Crippen LogP contribution in [-0.2, 0) is 4.74 Å². The van der Waals surface area contributed by atoms with E-state index in [4.69, 9.17) is 4.74 Å². The maximum absolute atomic E-state index is 5.47. The first kappa shape index (κ1) is 10.6. The van der Waals surface area contributed by atoms with Crippen LogP contribution < -0.4 is 0 Å². The Bertz CT molecular complexity index is 177. The molecule has 2 nitrogen and oxygen atoms in total. The van der Waals surface area contributed by atoms with Crippen LogP contribution in [0.4, 0.5) is 0 Å². The summed E-state index contributed by atoms with van der Waals surface area (Å²) in [6, 6.07) is 1.06. The normalized spacial score (nSPS) is 23.8. The van der Waals surface area contributed by atoms with Gasteiger partial charge in [0.2, 0.25) is 0 Å². The maximum atomic E-state index is 5.47. The van der Waals surface area contributed by atoms with Crippen LogP contribution in [-0.4, -0.2) is 30.1 Å². The molecule has 1 saturated heterocycles. The molecule has 0 aromatic heterocycles. The topological polar surface area (TPSA) is 12.5 Å². The third-order valence-electron chi connectivity index (χ3n) is 2.66. The molecule has 0 bridgehead atoms. The van der Waals surface area contributed by atoms with Crippen molar-refractivity contribution in [2.75, 3.05) is 13.2 Å². The van der Waals surface area contributed by atoms with E-state index < -0.39 is 0 Å². The van der Waals surface area contributed by atoms with E-state index in [0.29, 0.717) is 12.1 Å². The van der Waals surface area contributed by atoms with Crippen molar-refractivity contribution in [1.82, 2.24) is 4.90 Å². The van der Waals surface area contributed by atoms with Crippen molar-refractivity contribution in [2.24, 2.45) is 0 Å². The second-order valence-corrected chi connectivity index (χ2v) is 3.89. The van der Waals surface area contributed by atoms with Crippen molar-refractivity contribution in [1.29, 1.82) is 0 Å². The van der Waals surface area contributed by atoms with Crippen molar-refractivity contribution in [3.63, 3.8) is 0 Å². The number of nitrogens with zero attached hydrogens (tertiary/aromatic N) is 1. The Kier molecular flexibility index (Phi) is 3.79. The van der Waals surface area contributed by atoms with Crippen molar-refractivity contribution in [3.8, 4) is 0 Å². The van der Waals surface area contributed by atoms with Gasteiger partial charge in [0.05, 0.1) is 12.6 Å². The fourth-order valence-electron chi connectivity index (χ4n) is 2.03. The van der Waals surface area contributed by atoms with Crippen LogP contribution in [0.5, 0.6) is 0 Å². The Balaban J connectivity index is 2.52. The van der Waals surface area contributed by atoms with Gasteiger partial charge in [0.1, 0.15) is 5.76 Å². The molecule has 1 heterocycles. The summed E-state index contributed by atoms with van der Waals surface area (Å²) >= 11 is 0. The summed E-state index contributed by atoms with van der Waals surface area (Å²) < 4.78 is 5.47. The Morgan fingerprint density at radius 2 is 2.31 bits per heavy atom. The molecule has 76 valence electrons. The fourth-order valence-corrected chi connectivity index (χ4v) is 2.03. The predicted molar refractivity (Wildman–Crippen MR) is 55.6 cm³/mol. The monoisotopic (exact) mass is 183 g/mol. The zero-order valence-corrected chi connectivity index (χ0v) is 9.05. The van der Waals surface area contributed by atoms with E-state index in [9.17, 15) is 0 Å². The van der Waals surface area contributed by atoms with Crippen molar-refractivity contribution < 1.29 is 4.74 Å². The largest absolute Gasteiger partial charge is 0.497 e. The summed E-state index contributed by atoms with van der Waals surface area (Å²) in [4.78, 5) is 2.47. The van der Waals surface area contributed by atoms with E-state index in [1.165, 1.54) is 19.4 Å². The molecule has 0 N–H and O–H groups in total. The lowest BCUT2D eigenvalue weighted by Gasteiger charge is -2.29. The summed E-state index contributed by atoms with van der Waals surface area (Å²) in [5.74, 6) is 0.953. The third kappa shape index (κ3) is 2.47. The van der Waals surface area contributed by atoms with Crippen LogP contribution in [0.15, 0.2) is 12.3 Å².